The summed E-state index contributed by atoms with van der Waals surface area (Å²) >= 11 is 0. The van der Waals surface area contributed by atoms with Crippen molar-refractivity contribution >= 4 is 5.97 Å². The van der Waals surface area contributed by atoms with Crippen LogP contribution in [0.3, 0.4) is 0 Å². The highest BCUT2D eigenvalue weighted by molar-refractivity contribution is 5.84. The molecule has 0 bridgehead atoms. The Bertz CT molecular complexity index is 535. The van der Waals surface area contributed by atoms with Crippen LogP contribution in [0.4, 0.5) is 0 Å². The maximum Gasteiger partial charge on any atom is 0.343 e. The summed E-state index contributed by atoms with van der Waals surface area (Å²) in [6.45, 7) is 6.87. The summed E-state index contributed by atoms with van der Waals surface area (Å²) in [5, 5.41) is 11.5. The fourth-order valence-corrected chi connectivity index (χ4v) is 4.14. The number of rotatable bonds is 7. The number of carbonyl (C=O) groups excluding carboxylic acids is 1. The van der Waals surface area contributed by atoms with E-state index < -0.39 is 11.6 Å². The van der Waals surface area contributed by atoms with E-state index in [1.165, 1.54) is 6.42 Å². The van der Waals surface area contributed by atoms with Crippen molar-refractivity contribution in [1.29, 1.82) is 0 Å². The summed E-state index contributed by atoms with van der Waals surface area (Å²) in [4.78, 5) is 15.1. The molecule has 1 atom stereocenters. The Labute approximate surface area is 159 Å². The van der Waals surface area contributed by atoms with Gasteiger partial charge in [0.2, 0.25) is 0 Å². The first-order valence-electron chi connectivity index (χ1n) is 10.4. The van der Waals surface area contributed by atoms with Gasteiger partial charge in [0, 0.05) is 5.92 Å². The maximum atomic E-state index is 12.9. The standard InChI is InChI=1S/C22H35NO3/c1-3-23(4-2)17-11-12-18-26-21(24)22(25,19-13-7-5-8-14-19)20-15-9-6-10-16-20/h13,20,25H,3-10,14-18H2,1-2H3. The van der Waals surface area contributed by atoms with E-state index in [1.807, 2.05) is 0 Å². The second-order valence-electron chi connectivity index (χ2n) is 7.47. The summed E-state index contributed by atoms with van der Waals surface area (Å²) in [5.74, 6) is 5.48. The molecule has 0 amide bonds. The Balaban J connectivity index is 2.01. The number of hydrogen-bond donors (Lipinski definition) is 1. The monoisotopic (exact) mass is 361 g/mol. The summed E-state index contributed by atoms with van der Waals surface area (Å²) in [6, 6.07) is 0. The van der Waals surface area contributed by atoms with Crippen LogP contribution in [0.1, 0.15) is 71.6 Å². The molecular formula is C22H35NO3. The van der Waals surface area contributed by atoms with Crippen LogP contribution in [-0.2, 0) is 9.53 Å². The predicted octanol–water partition coefficient (Wildman–Crippen LogP) is 3.69. The molecule has 1 fully saturated rings. The van der Waals surface area contributed by atoms with Gasteiger partial charge in [-0.1, -0.05) is 51.0 Å². The Hall–Kier alpha value is -1.31. The second-order valence-corrected chi connectivity index (χ2v) is 7.47. The number of carbonyl (C=O) groups is 1. The third-order valence-corrected chi connectivity index (χ3v) is 5.89. The summed E-state index contributed by atoms with van der Waals surface area (Å²) in [5.41, 5.74) is -0.557. The van der Waals surface area contributed by atoms with E-state index in [9.17, 15) is 9.90 Å². The Kier molecular flexibility index (Phi) is 8.68. The molecule has 0 aliphatic heterocycles. The van der Waals surface area contributed by atoms with Crippen LogP contribution in [0.15, 0.2) is 11.6 Å². The minimum absolute atomic E-state index is 0.0169. The fraction of sp³-hybridized carbons (Fsp3) is 0.773. The molecule has 1 unspecified atom stereocenters. The molecule has 4 nitrogen and oxygen atoms in total. The Morgan fingerprint density at radius 3 is 2.54 bits per heavy atom. The van der Waals surface area contributed by atoms with Crippen molar-refractivity contribution in [2.24, 2.45) is 5.92 Å². The smallest absolute Gasteiger partial charge is 0.343 e. The Morgan fingerprint density at radius 2 is 1.92 bits per heavy atom. The fourth-order valence-electron chi connectivity index (χ4n) is 4.14. The van der Waals surface area contributed by atoms with Crippen LogP contribution >= 0.6 is 0 Å². The van der Waals surface area contributed by atoms with Crippen LogP contribution in [0.5, 0.6) is 0 Å². The van der Waals surface area contributed by atoms with Crippen molar-refractivity contribution in [2.45, 2.75) is 77.2 Å². The lowest BCUT2D eigenvalue weighted by molar-refractivity contribution is -0.167. The van der Waals surface area contributed by atoms with E-state index in [4.69, 9.17) is 4.74 Å². The molecule has 0 aromatic rings. The third kappa shape index (κ3) is 5.34. The zero-order valence-electron chi connectivity index (χ0n) is 16.6. The lowest BCUT2D eigenvalue weighted by Gasteiger charge is -2.39. The first-order valence-corrected chi connectivity index (χ1v) is 10.4. The first-order chi connectivity index (χ1) is 12.6. The van der Waals surface area contributed by atoms with Crippen LogP contribution in [0.25, 0.3) is 0 Å². The average Bonchev–Trinajstić information content (AvgIpc) is 2.71. The highest BCUT2D eigenvalue weighted by Gasteiger charge is 2.48. The van der Waals surface area contributed by atoms with E-state index in [0.29, 0.717) is 6.54 Å². The normalized spacial score (nSPS) is 20.7. The van der Waals surface area contributed by atoms with Gasteiger partial charge in [-0.05, 0) is 57.2 Å². The quantitative estimate of drug-likeness (QED) is 0.427. The zero-order chi connectivity index (χ0) is 18.8. The molecule has 0 spiro atoms. The molecule has 2 aliphatic rings. The number of ether oxygens (including phenoxy) is 1. The summed E-state index contributed by atoms with van der Waals surface area (Å²) in [6.07, 6.45) is 11.1. The zero-order valence-corrected chi connectivity index (χ0v) is 16.6. The molecule has 0 radical (unpaired) electrons. The van der Waals surface area contributed by atoms with Crippen molar-refractivity contribution in [3.63, 3.8) is 0 Å². The van der Waals surface area contributed by atoms with E-state index in [1.54, 1.807) is 0 Å². The van der Waals surface area contributed by atoms with E-state index in [0.717, 1.165) is 70.0 Å². The lowest BCUT2D eigenvalue weighted by Crippen LogP contribution is -2.49. The van der Waals surface area contributed by atoms with Gasteiger partial charge >= 0.3 is 5.97 Å². The Morgan fingerprint density at radius 1 is 1.19 bits per heavy atom. The number of hydrogen-bond acceptors (Lipinski definition) is 4. The van der Waals surface area contributed by atoms with Crippen LogP contribution in [-0.4, -0.2) is 47.8 Å². The molecule has 0 saturated heterocycles. The van der Waals surface area contributed by atoms with Gasteiger partial charge in [0.25, 0.3) is 0 Å². The van der Waals surface area contributed by atoms with Gasteiger partial charge in [0.05, 0.1) is 6.54 Å². The van der Waals surface area contributed by atoms with Crippen molar-refractivity contribution in [1.82, 2.24) is 4.90 Å². The third-order valence-electron chi connectivity index (χ3n) is 5.89. The van der Waals surface area contributed by atoms with Gasteiger partial charge in [0.15, 0.2) is 12.2 Å². The van der Waals surface area contributed by atoms with Gasteiger partial charge in [-0.25, -0.2) is 4.79 Å². The van der Waals surface area contributed by atoms with Crippen molar-refractivity contribution in [2.75, 3.05) is 26.2 Å². The molecule has 1 saturated carbocycles. The van der Waals surface area contributed by atoms with Gasteiger partial charge < -0.3 is 9.84 Å². The van der Waals surface area contributed by atoms with Gasteiger partial charge in [-0.2, -0.15) is 0 Å². The summed E-state index contributed by atoms with van der Waals surface area (Å²) < 4.78 is 5.44. The van der Waals surface area contributed by atoms with Crippen molar-refractivity contribution < 1.29 is 14.6 Å². The predicted molar refractivity (Wildman–Crippen MR) is 105 cm³/mol. The molecular weight excluding hydrogens is 326 g/mol. The highest BCUT2D eigenvalue weighted by atomic mass is 16.5. The molecule has 2 aliphatic carbocycles. The van der Waals surface area contributed by atoms with Gasteiger partial charge in [-0.3, -0.25) is 4.90 Å². The van der Waals surface area contributed by atoms with E-state index in [-0.39, 0.29) is 12.5 Å². The van der Waals surface area contributed by atoms with Crippen molar-refractivity contribution in [3.05, 3.63) is 11.6 Å². The number of esters is 1. The van der Waals surface area contributed by atoms with E-state index >= 15 is 0 Å². The van der Waals surface area contributed by atoms with Crippen LogP contribution in [0.2, 0.25) is 0 Å². The minimum Gasteiger partial charge on any atom is -0.450 e. The molecule has 26 heavy (non-hydrogen) atoms. The number of allylic oxidation sites excluding steroid dienone is 1. The highest BCUT2D eigenvalue weighted by Crippen LogP contribution is 2.41. The number of aliphatic hydroxyl groups is 1. The van der Waals surface area contributed by atoms with Crippen LogP contribution < -0.4 is 0 Å². The van der Waals surface area contributed by atoms with Gasteiger partial charge in [-0.15, -0.1) is 0 Å². The molecule has 0 aromatic carbocycles. The van der Waals surface area contributed by atoms with E-state index in [2.05, 4.69) is 36.7 Å². The molecule has 2 rings (SSSR count). The molecule has 0 heterocycles. The minimum atomic E-state index is -1.44. The lowest BCUT2D eigenvalue weighted by atomic mass is 9.71. The first kappa shape index (κ1) is 21.0. The largest absolute Gasteiger partial charge is 0.450 e. The number of nitrogens with zero attached hydrogens (tertiary/aromatic N) is 1. The second kappa shape index (κ2) is 10.7. The van der Waals surface area contributed by atoms with Crippen LogP contribution in [0, 0.1) is 17.8 Å². The van der Waals surface area contributed by atoms with Crippen molar-refractivity contribution in [3.8, 4) is 11.8 Å². The molecule has 4 heteroatoms. The molecule has 1 N–H and O–H groups in total. The average molecular weight is 362 g/mol. The molecule has 0 aromatic heterocycles. The summed E-state index contributed by atoms with van der Waals surface area (Å²) in [7, 11) is 0. The maximum absolute atomic E-state index is 12.9. The topological polar surface area (TPSA) is 49.8 Å². The SMILES string of the molecule is CCN(CC)CC#CCOC(=O)C(O)(C1=CCCCC1)C1CCCCC1. The molecule has 146 valence electrons. The van der Waals surface area contributed by atoms with Gasteiger partial charge in [0.1, 0.15) is 0 Å².